The van der Waals surface area contributed by atoms with E-state index in [9.17, 15) is 9.90 Å². The second kappa shape index (κ2) is 8.02. The third kappa shape index (κ3) is 4.61. The monoisotopic (exact) mass is 343 g/mol. The Hall–Kier alpha value is -1.85. The first-order chi connectivity index (χ1) is 12.0. The predicted molar refractivity (Wildman–Crippen MR) is 99.4 cm³/mol. The normalized spacial score (nSPS) is 21.8. The number of hydrogen-bond acceptors (Lipinski definition) is 4. The number of nitrogens with one attached hydrogen (secondary N) is 2. The fourth-order valence-corrected chi connectivity index (χ4v) is 3.53. The lowest BCUT2D eigenvalue weighted by Gasteiger charge is -2.33. The van der Waals surface area contributed by atoms with Crippen molar-refractivity contribution in [2.24, 2.45) is 5.92 Å². The molecular formula is C20H29N3O2. The molecule has 3 N–H and O–H groups in total. The molecule has 1 aromatic rings. The minimum atomic E-state index is -0.209. The molecule has 0 saturated heterocycles. The van der Waals surface area contributed by atoms with E-state index in [1.807, 2.05) is 6.07 Å². The van der Waals surface area contributed by atoms with Gasteiger partial charge in [-0.3, -0.25) is 9.69 Å². The van der Waals surface area contributed by atoms with Crippen molar-refractivity contribution in [3.63, 3.8) is 0 Å². The van der Waals surface area contributed by atoms with E-state index in [4.69, 9.17) is 0 Å². The van der Waals surface area contributed by atoms with Crippen LogP contribution in [-0.2, 0) is 17.8 Å². The van der Waals surface area contributed by atoms with Crippen LogP contribution in [0.25, 0.3) is 0 Å². The molecule has 0 fully saturated rings. The molecule has 2 heterocycles. The van der Waals surface area contributed by atoms with Gasteiger partial charge < -0.3 is 15.7 Å². The van der Waals surface area contributed by atoms with E-state index in [2.05, 4.69) is 41.5 Å². The van der Waals surface area contributed by atoms with Gasteiger partial charge in [0.05, 0.1) is 6.04 Å². The zero-order valence-corrected chi connectivity index (χ0v) is 15.2. The van der Waals surface area contributed by atoms with Gasteiger partial charge in [-0.25, -0.2) is 0 Å². The van der Waals surface area contributed by atoms with Crippen LogP contribution in [0.1, 0.15) is 31.4 Å². The second-order valence-corrected chi connectivity index (χ2v) is 7.47. The maximum atomic E-state index is 12.8. The van der Waals surface area contributed by atoms with E-state index in [1.54, 1.807) is 12.1 Å². The minimum Gasteiger partial charge on any atom is -0.508 e. The molecule has 136 valence electrons. The van der Waals surface area contributed by atoms with Crippen molar-refractivity contribution in [2.45, 2.75) is 45.3 Å². The third-order valence-corrected chi connectivity index (χ3v) is 5.20. The molecule has 0 bridgehead atoms. The average Bonchev–Trinajstić information content (AvgIpc) is 2.61. The van der Waals surface area contributed by atoms with Gasteiger partial charge in [-0.15, -0.1) is 0 Å². The SMILES string of the molecule is CC(C)[C@@H](CN1CC=CCC1)NC(=O)[C@H]1Cc2ccc(O)cc2CN1. The Morgan fingerprint density at radius 2 is 2.20 bits per heavy atom. The predicted octanol–water partition coefficient (Wildman–Crippen LogP) is 1.81. The number of phenolic OH excluding ortho intramolecular Hbond substituents is 1. The van der Waals surface area contributed by atoms with Crippen molar-refractivity contribution >= 4 is 5.91 Å². The molecule has 0 aliphatic carbocycles. The largest absolute Gasteiger partial charge is 0.508 e. The van der Waals surface area contributed by atoms with Crippen LogP contribution in [0, 0.1) is 5.92 Å². The Bertz CT molecular complexity index is 642. The number of hydrogen-bond donors (Lipinski definition) is 3. The molecule has 0 spiro atoms. The van der Waals surface area contributed by atoms with Crippen molar-refractivity contribution in [3.05, 3.63) is 41.5 Å². The summed E-state index contributed by atoms with van der Waals surface area (Å²) < 4.78 is 0. The topological polar surface area (TPSA) is 64.6 Å². The van der Waals surface area contributed by atoms with Crippen LogP contribution < -0.4 is 10.6 Å². The van der Waals surface area contributed by atoms with Gasteiger partial charge in [-0.2, -0.15) is 0 Å². The number of amides is 1. The van der Waals surface area contributed by atoms with Gasteiger partial charge in [-0.05, 0) is 42.0 Å². The van der Waals surface area contributed by atoms with E-state index >= 15 is 0 Å². The fraction of sp³-hybridized carbons (Fsp3) is 0.550. The number of aromatic hydroxyl groups is 1. The van der Waals surface area contributed by atoms with E-state index in [1.165, 1.54) is 0 Å². The molecule has 25 heavy (non-hydrogen) atoms. The van der Waals surface area contributed by atoms with Crippen LogP contribution in [0.2, 0.25) is 0 Å². The lowest BCUT2D eigenvalue weighted by Crippen LogP contribution is -2.54. The molecule has 2 aliphatic heterocycles. The molecular weight excluding hydrogens is 314 g/mol. The van der Waals surface area contributed by atoms with E-state index in [0.717, 1.165) is 37.2 Å². The summed E-state index contributed by atoms with van der Waals surface area (Å²) in [7, 11) is 0. The summed E-state index contributed by atoms with van der Waals surface area (Å²) in [5.41, 5.74) is 2.21. The van der Waals surface area contributed by atoms with E-state index in [-0.39, 0.29) is 23.7 Å². The summed E-state index contributed by atoms with van der Waals surface area (Å²) in [6.45, 7) is 7.87. The number of carbonyl (C=O) groups excluding carboxylic acids is 1. The van der Waals surface area contributed by atoms with Gasteiger partial charge in [0.15, 0.2) is 0 Å². The lowest BCUT2D eigenvalue weighted by atomic mass is 9.94. The van der Waals surface area contributed by atoms with Crippen LogP contribution in [0.5, 0.6) is 5.75 Å². The molecule has 1 amide bonds. The fourth-order valence-electron chi connectivity index (χ4n) is 3.53. The van der Waals surface area contributed by atoms with Crippen molar-refractivity contribution in [1.29, 1.82) is 0 Å². The third-order valence-electron chi connectivity index (χ3n) is 5.20. The Kier molecular flexibility index (Phi) is 5.76. The highest BCUT2D eigenvalue weighted by molar-refractivity contribution is 5.82. The van der Waals surface area contributed by atoms with Crippen molar-refractivity contribution in [2.75, 3.05) is 19.6 Å². The summed E-state index contributed by atoms with van der Waals surface area (Å²) in [6.07, 6.45) is 6.18. The Morgan fingerprint density at radius 3 is 2.92 bits per heavy atom. The summed E-state index contributed by atoms with van der Waals surface area (Å²) in [4.78, 5) is 15.2. The van der Waals surface area contributed by atoms with Crippen LogP contribution in [0.15, 0.2) is 30.4 Å². The van der Waals surface area contributed by atoms with Gasteiger partial charge in [0.25, 0.3) is 0 Å². The molecule has 5 heteroatoms. The Morgan fingerprint density at radius 1 is 1.36 bits per heavy atom. The number of phenols is 1. The highest BCUT2D eigenvalue weighted by atomic mass is 16.3. The molecule has 0 aromatic heterocycles. The van der Waals surface area contributed by atoms with Gasteiger partial charge in [0.2, 0.25) is 5.91 Å². The molecule has 1 aromatic carbocycles. The number of fused-ring (bicyclic) bond motifs is 1. The first kappa shape index (κ1) is 18.0. The maximum absolute atomic E-state index is 12.8. The molecule has 2 aliphatic rings. The number of carbonyl (C=O) groups is 1. The summed E-state index contributed by atoms with van der Waals surface area (Å²) in [6, 6.07) is 5.34. The van der Waals surface area contributed by atoms with Crippen LogP contribution in [0.4, 0.5) is 0 Å². The second-order valence-electron chi connectivity index (χ2n) is 7.47. The number of nitrogens with zero attached hydrogens (tertiary/aromatic N) is 1. The Labute approximate surface area is 150 Å². The summed E-state index contributed by atoms with van der Waals surface area (Å²) in [5, 5.41) is 16.1. The molecule has 0 radical (unpaired) electrons. The van der Waals surface area contributed by atoms with Gasteiger partial charge >= 0.3 is 0 Å². The van der Waals surface area contributed by atoms with E-state index < -0.39 is 0 Å². The van der Waals surface area contributed by atoms with Gasteiger partial charge in [-0.1, -0.05) is 32.1 Å². The number of rotatable bonds is 5. The van der Waals surface area contributed by atoms with Crippen molar-refractivity contribution in [3.8, 4) is 5.75 Å². The smallest absolute Gasteiger partial charge is 0.237 e. The van der Waals surface area contributed by atoms with Gasteiger partial charge in [0, 0.05) is 32.2 Å². The minimum absolute atomic E-state index is 0.0741. The van der Waals surface area contributed by atoms with E-state index in [0.29, 0.717) is 18.9 Å². The van der Waals surface area contributed by atoms with Crippen LogP contribution in [0.3, 0.4) is 0 Å². The molecule has 2 atom stereocenters. The highest BCUT2D eigenvalue weighted by Gasteiger charge is 2.27. The quantitative estimate of drug-likeness (QED) is 0.714. The zero-order chi connectivity index (χ0) is 17.8. The molecule has 0 saturated carbocycles. The zero-order valence-electron chi connectivity index (χ0n) is 15.2. The number of benzene rings is 1. The Balaban J connectivity index is 1.59. The molecule has 0 unspecified atom stereocenters. The molecule has 3 rings (SSSR count). The standard InChI is InChI=1S/C20H29N3O2/c1-14(2)19(13-23-8-4-3-5-9-23)22-20(25)18-11-15-6-7-17(24)10-16(15)12-21-18/h3-4,6-7,10,14,18-19,21,24H,5,8-9,11-13H2,1-2H3,(H,22,25)/t18-,19-/m1/s1. The highest BCUT2D eigenvalue weighted by Crippen LogP contribution is 2.21. The van der Waals surface area contributed by atoms with Crippen molar-refractivity contribution in [1.82, 2.24) is 15.5 Å². The van der Waals surface area contributed by atoms with Crippen molar-refractivity contribution < 1.29 is 9.90 Å². The maximum Gasteiger partial charge on any atom is 0.237 e. The average molecular weight is 343 g/mol. The molecule has 5 nitrogen and oxygen atoms in total. The summed E-state index contributed by atoms with van der Waals surface area (Å²) >= 11 is 0. The summed E-state index contributed by atoms with van der Waals surface area (Å²) in [5.74, 6) is 0.742. The lowest BCUT2D eigenvalue weighted by molar-refractivity contribution is -0.124. The van der Waals surface area contributed by atoms with Gasteiger partial charge in [0.1, 0.15) is 5.75 Å². The van der Waals surface area contributed by atoms with Crippen LogP contribution in [-0.4, -0.2) is 47.6 Å². The van der Waals surface area contributed by atoms with Crippen LogP contribution >= 0.6 is 0 Å². The first-order valence-electron chi connectivity index (χ1n) is 9.25. The first-order valence-corrected chi connectivity index (χ1v) is 9.25.